The van der Waals surface area contributed by atoms with E-state index in [4.69, 9.17) is 18.9 Å². The van der Waals surface area contributed by atoms with Gasteiger partial charge in [-0.3, -0.25) is 9.59 Å². The fourth-order valence-corrected chi connectivity index (χ4v) is 2.38. The normalized spacial score (nSPS) is 9.50. The number of ether oxygens (including phenoxy) is 4. The van der Waals surface area contributed by atoms with Gasteiger partial charge in [0.25, 0.3) is 0 Å². The average Bonchev–Trinajstić information content (AvgIpc) is 2.84. The van der Waals surface area contributed by atoms with Gasteiger partial charge >= 0.3 is 11.9 Å². The number of esters is 2. The van der Waals surface area contributed by atoms with Crippen molar-refractivity contribution in [3.63, 3.8) is 0 Å². The molecule has 0 aliphatic carbocycles. The minimum atomic E-state index is -0.275. The molecule has 0 unspecified atom stereocenters. The highest BCUT2D eigenvalue weighted by molar-refractivity contribution is 7.79. The molecule has 0 heterocycles. The first kappa shape index (κ1) is 30.0. The lowest BCUT2D eigenvalue weighted by molar-refractivity contribution is -0.146. The van der Waals surface area contributed by atoms with Crippen LogP contribution >= 0.6 is 25.3 Å². The molecular formula is C24H34O6S2. The van der Waals surface area contributed by atoms with Crippen LogP contribution in [-0.2, 0) is 41.4 Å². The molecule has 0 spiro atoms. The minimum absolute atomic E-state index is 0.211. The van der Waals surface area contributed by atoms with Crippen molar-refractivity contribution in [3.8, 4) is 0 Å². The van der Waals surface area contributed by atoms with E-state index in [-0.39, 0.29) is 38.0 Å². The first-order valence-electron chi connectivity index (χ1n) is 10.2. The van der Waals surface area contributed by atoms with E-state index in [1.807, 2.05) is 60.7 Å². The van der Waals surface area contributed by atoms with Crippen LogP contribution in [0.2, 0.25) is 0 Å². The molecule has 178 valence electrons. The Morgan fingerprint density at radius 1 is 0.562 bits per heavy atom. The van der Waals surface area contributed by atoms with Crippen LogP contribution in [0.1, 0.15) is 11.1 Å². The fraction of sp³-hybridized carbons (Fsp3) is 0.417. The summed E-state index contributed by atoms with van der Waals surface area (Å²) >= 11 is 7.06. The van der Waals surface area contributed by atoms with Gasteiger partial charge in [-0.05, 0) is 23.6 Å². The molecule has 8 heteroatoms. The molecule has 2 aromatic rings. The van der Waals surface area contributed by atoms with Crippen LogP contribution < -0.4 is 0 Å². The molecular weight excluding hydrogens is 448 g/mol. The first-order valence-corrected chi connectivity index (χ1v) is 12.0. The van der Waals surface area contributed by atoms with Gasteiger partial charge in [-0.15, -0.1) is 0 Å². The molecule has 32 heavy (non-hydrogen) atoms. The maximum atomic E-state index is 11.6. The van der Waals surface area contributed by atoms with E-state index < -0.39 is 0 Å². The lowest BCUT2D eigenvalue weighted by Crippen LogP contribution is -2.16. The molecule has 0 saturated carbocycles. The topological polar surface area (TPSA) is 71.1 Å². The zero-order valence-electron chi connectivity index (χ0n) is 18.8. The summed E-state index contributed by atoms with van der Waals surface area (Å²) in [4.78, 5) is 23.3. The van der Waals surface area contributed by atoms with Gasteiger partial charge in [0.05, 0.1) is 39.3 Å². The van der Waals surface area contributed by atoms with Crippen LogP contribution in [-0.4, -0.2) is 64.1 Å². The third-order valence-corrected chi connectivity index (χ3v) is 3.74. The number of rotatable bonds is 13. The summed E-state index contributed by atoms with van der Waals surface area (Å²) < 4.78 is 20.9. The van der Waals surface area contributed by atoms with Crippen LogP contribution in [0.4, 0.5) is 0 Å². The summed E-state index contributed by atoms with van der Waals surface area (Å²) in [6.07, 6.45) is 3.90. The predicted molar refractivity (Wildman–Crippen MR) is 134 cm³/mol. The van der Waals surface area contributed by atoms with Crippen molar-refractivity contribution in [3.05, 3.63) is 71.8 Å². The summed E-state index contributed by atoms with van der Waals surface area (Å²) in [6, 6.07) is 18.9. The highest BCUT2D eigenvalue weighted by Gasteiger charge is 2.05. The van der Waals surface area contributed by atoms with E-state index >= 15 is 0 Å². The minimum Gasteiger partial charge on any atom is -0.463 e. The molecule has 6 nitrogen and oxygen atoms in total. The van der Waals surface area contributed by atoms with E-state index in [1.165, 1.54) is 0 Å². The van der Waals surface area contributed by atoms with E-state index in [9.17, 15) is 9.59 Å². The average molecular weight is 483 g/mol. The summed E-state index contributed by atoms with van der Waals surface area (Å²) in [7, 11) is 0. The largest absolute Gasteiger partial charge is 0.463 e. The van der Waals surface area contributed by atoms with E-state index in [0.717, 1.165) is 11.1 Å². The lowest BCUT2D eigenvalue weighted by atomic mass is 10.2. The van der Waals surface area contributed by atoms with Crippen LogP contribution in [0, 0.1) is 0 Å². The fourth-order valence-electron chi connectivity index (χ4n) is 2.38. The molecule has 0 amide bonds. The Bertz CT molecular complexity index is 637. The van der Waals surface area contributed by atoms with Crippen molar-refractivity contribution in [2.75, 3.05) is 52.2 Å². The van der Waals surface area contributed by atoms with Crippen LogP contribution in [0.15, 0.2) is 60.7 Å². The Morgan fingerprint density at radius 3 is 1.22 bits per heavy atom. The second-order valence-electron chi connectivity index (χ2n) is 5.99. The van der Waals surface area contributed by atoms with Crippen LogP contribution in [0.25, 0.3) is 0 Å². The van der Waals surface area contributed by atoms with Gasteiger partial charge in [-0.1, -0.05) is 60.7 Å². The smallest absolute Gasteiger partial charge is 0.310 e. The lowest BCUT2D eigenvalue weighted by Gasteiger charge is -2.08. The molecule has 2 aromatic carbocycles. The van der Waals surface area contributed by atoms with Crippen molar-refractivity contribution < 1.29 is 28.5 Å². The second kappa shape index (κ2) is 22.2. The first-order chi connectivity index (χ1) is 15.7. The third-order valence-electron chi connectivity index (χ3n) is 3.74. The molecule has 0 bridgehead atoms. The Kier molecular flexibility index (Phi) is 20.8. The molecule has 0 radical (unpaired) electrons. The van der Waals surface area contributed by atoms with Gasteiger partial charge in [0.15, 0.2) is 0 Å². The molecule has 0 aromatic heterocycles. The zero-order chi connectivity index (χ0) is 23.9. The monoisotopic (exact) mass is 482 g/mol. The maximum absolute atomic E-state index is 11.6. The number of benzene rings is 2. The number of carbonyl (C=O) groups excluding carboxylic acids is 2. The van der Waals surface area contributed by atoms with E-state index in [1.54, 1.807) is 12.5 Å². The quantitative estimate of drug-likeness (QED) is 0.258. The second-order valence-corrected chi connectivity index (χ2v) is 5.99. The highest BCUT2D eigenvalue weighted by Crippen LogP contribution is 2.01. The summed E-state index contributed by atoms with van der Waals surface area (Å²) in [5, 5.41) is 0. The van der Waals surface area contributed by atoms with Crippen molar-refractivity contribution in [2.24, 2.45) is 0 Å². The number of hydrogen-bond donors (Lipinski definition) is 2. The summed E-state index contributed by atoms with van der Waals surface area (Å²) in [5.41, 5.74) is 1.84. The number of hydrogen-bond acceptors (Lipinski definition) is 8. The molecule has 0 aliphatic heterocycles. The number of thiol groups is 2. The SMILES string of the molecule is CS.CS.O=C(Cc1ccccc1)OCCOCCOCCOC(=O)Cc1ccccc1. The Balaban J connectivity index is 0.00000227. The molecule has 2 rings (SSSR count). The molecule has 0 atom stereocenters. The van der Waals surface area contributed by atoms with E-state index in [2.05, 4.69) is 25.3 Å². The van der Waals surface area contributed by atoms with Crippen LogP contribution in [0.5, 0.6) is 0 Å². The maximum Gasteiger partial charge on any atom is 0.310 e. The number of carbonyl (C=O) groups is 2. The van der Waals surface area contributed by atoms with Gasteiger partial charge in [-0.2, -0.15) is 25.3 Å². The molecule has 0 saturated heterocycles. The Morgan fingerprint density at radius 2 is 0.875 bits per heavy atom. The highest BCUT2D eigenvalue weighted by atomic mass is 32.1. The zero-order valence-corrected chi connectivity index (χ0v) is 20.6. The standard InChI is InChI=1S/C22H26O6.2CH4S/c23-21(17-19-7-3-1-4-8-19)27-15-13-25-11-12-26-14-16-28-22(24)18-20-9-5-2-6-10-20;2*1-2/h1-10H,11-18H2;2*2H,1H3. The van der Waals surface area contributed by atoms with Crippen molar-refractivity contribution in [1.82, 2.24) is 0 Å². The van der Waals surface area contributed by atoms with Gasteiger partial charge in [0, 0.05) is 0 Å². The van der Waals surface area contributed by atoms with Crippen molar-refractivity contribution in [1.29, 1.82) is 0 Å². The predicted octanol–water partition coefficient (Wildman–Crippen LogP) is 3.68. The Labute approximate surface area is 202 Å². The molecule has 0 fully saturated rings. The van der Waals surface area contributed by atoms with Gasteiger partial charge < -0.3 is 18.9 Å². The third kappa shape index (κ3) is 16.7. The van der Waals surface area contributed by atoms with Crippen LogP contribution in [0.3, 0.4) is 0 Å². The molecule has 0 aliphatic rings. The van der Waals surface area contributed by atoms with E-state index in [0.29, 0.717) is 26.4 Å². The van der Waals surface area contributed by atoms with Gasteiger partial charge in [-0.25, -0.2) is 0 Å². The summed E-state index contributed by atoms with van der Waals surface area (Å²) in [5.74, 6) is -0.549. The summed E-state index contributed by atoms with van der Waals surface area (Å²) in [6.45, 7) is 1.82. The van der Waals surface area contributed by atoms with Gasteiger partial charge in [0.2, 0.25) is 0 Å². The van der Waals surface area contributed by atoms with Crippen molar-refractivity contribution >= 4 is 37.2 Å². The van der Waals surface area contributed by atoms with Gasteiger partial charge in [0.1, 0.15) is 13.2 Å². The molecule has 0 N–H and O–H groups in total. The van der Waals surface area contributed by atoms with Crippen molar-refractivity contribution in [2.45, 2.75) is 12.8 Å². The Hall–Kier alpha value is -2.00.